The van der Waals surface area contributed by atoms with Crippen molar-refractivity contribution in [3.8, 4) is 0 Å². The first-order valence-corrected chi connectivity index (χ1v) is 5.99. The lowest BCUT2D eigenvalue weighted by Gasteiger charge is -2.26. The van der Waals surface area contributed by atoms with Gasteiger partial charge in [-0.25, -0.2) is 0 Å². The van der Waals surface area contributed by atoms with Gasteiger partial charge in [-0.15, -0.1) is 0 Å². The maximum absolute atomic E-state index is 5.50. The molecule has 0 saturated heterocycles. The van der Waals surface area contributed by atoms with E-state index in [0.717, 1.165) is 19.1 Å². The van der Waals surface area contributed by atoms with E-state index >= 15 is 0 Å². The Labute approximate surface area is 88.4 Å². The zero-order valence-corrected chi connectivity index (χ0v) is 10.0. The van der Waals surface area contributed by atoms with E-state index in [0.29, 0.717) is 18.0 Å². The Morgan fingerprint density at radius 3 is 2.36 bits per heavy atom. The molecule has 84 valence electrons. The monoisotopic (exact) mass is 199 g/mol. The molecule has 2 unspecified atom stereocenters. The SMILES string of the molecule is CCOCC(NC(C)C1CC1)C(C)C. The first-order valence-electron chi connectivity index (χ1n) is 5.99. The third-order valence-electron chi connectivity index (χ3n) is 3.11. The Morgan fingerprint density at radius 2 is 1.93 bits per heavy atom. The molecule has 0 aromatic heterocycles. The fraction of sp³-hybridized carbons (Fsp3) is 1.00. The third-order valence-corrected chi connectivity index (χ3v) is 3.11. The number of nitrogens with one attached hydrogen (secondary N) is 1. The van der Waals surface area contributed by atoms with Gasteiger partial charge < -0.3 is 10.1 Å². The first-order chi connectivity index (χ1) is 6.65. The predicted octanol–water partition coefficient (Wildman–Crippen LogP) is 2.44. The lowest BCUT2D eigenvalue weighted by molar-refractivity contribution is 0.103. The molecule has 1 N–H and O–H groups in total. The van der Waals surface area contributed by atoms with Gasteiger partial charge in [-0.1, -0.05) is 13.8 Å². The highest BCUT2D eigenvalue weighted by molar-refractivity contribution is 4.86. The molecule has 0 radical (unpaired) electrons. The van der Waals surface area contributed by atoms with Crippen molar-refractivity contribution in [1.82, 2.24) is 5.32 Å². The summed E-state index contributed by atoms with van der Waals surface area (Å²) in [6, 6.07) is 1.19. The number of hydrogen-bond donors (Lipinski definition) is 1. The van der Waals surface area contributed by atoms with Crippen LogP contribution in [0.25, 0.3) is 0 Å². The molecule has 0 aromatic carbocycles. The van der Waals surface area contributed by atoms with Gasteiger partial charge in [0.25, 0.3) is 0 Å². The van der Waals surface area contributed by atoms with Crippen LogP contribution in [-0.2, 0) is 4.74 Å². The average Bonchev–Trinajstić information content (AvgIpc) is 2.94. The van der Waals surface area contributed by atoms with Crippen LogP contribution in [0.15, 0.2) is 0 Å². The zero-order valence-electron chi connectivity index (χ0n) is 10.0. The number of ether oxygens (including phenoxy) is 1. The quantitative estimate of drug-likeness (QED) is 0.680. The Morgan fingerprint density at radius 1 is 1.29 bits per heavy atom. The van der Waals surface area contributed by atoms with E-state index in [1.54, 1.807) is 0 Å². The maximum Gasteiger partial charge on any atom is 0.0622 e. The summed E-state index contributed by atoms with van der Waals surface area (Å²) in [4.78, 5) is 0. The van der Waals surface area contributed by atoms with Crippen molar-refractivity contribution in [2.45, 2.75) is 52.6 Å². The molecule has 1 rings (SSSR count). The van der Waals surface area contributed by atoms with Crippen LogP contribution >= 0.6 is 0 Å². The van der Waals surface area contributed by atoms with E-state index in [1.165, 1.54) is 12.8 Å². The summed E-state index contributed by atoms with van der Waals surface area (Å²) < 4.78 is 5.50. The lowest BCUT2D eigenvalue weighted by atomic mass is 10.0. The second-order valence-electron chi connectivity index (χ2n) is 4.80. The first kappa shape index (κ1) is 12.0. The Hall–Kier alpha value is -0.0800. The van der Waals surface area contributed by atoms with Crippen molar-refractivity contribution in [2.24, 2.45) is 11.8 Å². The Bertz CT molecular complexity index is 154. The van der Waals surface area contributed by atoms with Crippen LogP contribution in [0.3, 0.4) is 0 Å². The number of hydrogen-bond acceptors (Lipinski definition) is 2. The molecule has 0 amide bonds. The molecule has 1 aliphatic carbocycles. The normalized spacial score (nSPS) is 21.2. The standard InChI is InChI=1S/C12H25NO/c1-5-14-8-12(9(2)3)13-10(4)11-6-7-11/h9-13H,5-8H2,1-4H3. The van der Waals surface area contributed by atoms with Crippen molar-refractivity contribution < 1.29 is 4.74 Å². The van der Waals surface area contributed by atoms with E-state index < -0.39 is 0 Å². The van der Waals surface area contributed by atoms with Crippen LogP contribution in [-0.4, -0.2) is 25.3 Å². The van der Waals surface area contributed by atoms with Crippen molar-refractivity contribution in [1.29, 1.82) is 0 Å². The van der Waals surface area contributed by atoms with Crippen LogP contribution in [0.4, 0.5) is 0 Å². The molecule has 1 aliphatic rings. The molecule has 0 aromatic rings. The minimum atomic E-state index is 0.519. The van der Waals surface area contributed by atoms with Crippen LogP contribution in [0.2, 0.25) is 0 Å². The van der Waals surface area contributed by atoms with E-state index in [-0.39, 0.29) is 0 Å². The summed E-state index contributed by atoms with van der Waals surface area (Å²) in [5, 5.41) is 3.69. The predicted molar refractivity (Wildman–Crippen MR) is 60.4 cm³/mol. The van der Waals surface area contributed by atoms with E-state index in [1.807, 2.05) is 0 Å². The second-order valence-corrected chi connectivity index (χ2v) is 4.80. The van der Waals surface area contributed by atoms with Crippen molar-refractivity contribution in [2.75, 3.05) is 13.2 Å². The fourth-order valence-corrected chi connectivity index (χ4v) is 1.75. The molecular formula is C12H25NO. The average molecular weight is 199 g/mol. The Kier molecular flexibility index (Phi) is 4.90. The number of rotatable bonds is 7. The van der Waals surface area contributed by atoms with Gasteiger partial charge in [0.05, 0.1) is 6.61 Å². The molecule has 0 heterocycles. The minimum Gasteiger partial charge on any atom is -0.380 e. The summed E-state index contributed by atoms with van der Waals surface area (Å²) in [5.41, 5.74) is 0. The van der Waals surface area contributed by atoms with E-state index in [4.69, 9.17) is 4.74 Å². The highest BCUT2D eigenvalue weighted by Gasteiger charge is 2.29. The lowest BCUT2D eigenvalue weighted by Crippen LogP contribution is -2.44. The Balaban J connectivity index is 2.25. The van der Waals surface area contributed by atoms with Gasteiger partial charge in [-0.2, -0.15) is 0 Å². The molecule has 0 aliphatic heterocycles. The molecule has 1 saturated carbocycles. The summed E-state index contributed by atoms with van der Waals surface area (Å²) in [6.45, 7) is 10.6. The van der Waals surface area contributed by atoms with Crippen LogP contribution < -0.4 is 5.32 Å². The molecule has 14 heavy (non-hydrogen) atoms. The molecule has 2 nitrogen and oxygen atoms in total. The molecule has 0 spiro atoms. The summed E-state index contributed by atoms with van der Waals surface area (Å²) in [5.74, 6) is 1.58. The molecular weight excluding hydrogens is 174 g/mol. The van der Waals surface area contributed by atoms with E-state index in [9.17, 15) is 0 Å². The smallest absolute Gasteiger partial charge is 0.0622 e. The minimum absolute atomic E-state index is 0.519. The highest BCUT2D eigenvalue weighted by Crippen LogP contribution is 2.32. The summed E-state index contributed by atoms with van der Waals surface area (Å²) >= 11 is 0. The van der Waals surface area contributed by atoms with Gasteiger partial charge in [0.15, 0.2) is 0 Å². The van der Waals surface area contributed by atoms with Gasteiger partial charge in [-0.05, 0) is 38.5 Å². The second kappa shape index (κ2) is 5.72. The third kappa shape index (κ3) is 3.97. The molecule has 1 fully saturated rings. The van der Waals surface area contributed by atoms with Crippen molar-refractivity contribution in [3.63, 3.8) is 0 Å². The highest BCUT2D eigenvalue weighted by atomic mass is 16.5. The van der Waals surface area contributed by atoms with Gasteiger partial charge in [0.1, 0.15) is 0 Å². The topological polar surface area (TPSA) is 21.3 Å². The molecule has 2 heteroatoms. The van der Waals surface area contributed by atoms with Crippen LogP contribution in [0, 0.1) is 11.8 Å². The van der Waals surface area contributed by atoms with Crippen LogP contribution in [0.1, 0.15) is 40.5 Å². The van der Waals surface area contributed by atoms with Crippen molar-refractivity contribution in [3.05, 3.63) is 0 Å². The van der Waals surface area contributed by atoms with Gasteiger partial charge in [-0.3, -0.25) is 0 Å². The van der Waals surface area contributed by atoms with E-state index in [2.05, 4.69) is 33.0 Å². The zero-order chi connectivity index (χ0) is 10.6. The van der Waals surface area contributed by atoms with Gasteiger partial charge in [0, 0.05) is 18.7 Å². The molecule has 2 atom stereocenters. The van der Waals surface area contributed by atoms with Crippen LogP contribution in [0.5, 0.6) is 0 Å². The van der Waals surface area contributed by atoms with Gasteiger partial charge >= 0.3 is 0 Å². The molecule has 0 bridgehead atoms. The summed E-state index contributed by atoms with van der Waals surface area (Å²) in [6.07, 6.45) is 2.82. The van der Waals surface area contributed by atoms with Gasteiger partial charge in [0.2, 0.25) is 0 Å². The largest absolute Gasteiger partial charge is 0.380 e. The maximum atomic E-state index is 5.50. The summed E-state index contributed by atoms with van der Waals surface area (Å²) in [7, 11) is 0. The fourth-order valence-electron chi connectivity index (χ4n) is 1.75. The van der Waals surface area contributed by atoms with Crippen molar-refractivity contribution >= 4 is 0 Å².